The zero-order valence-electron chi connectivity index (χ0n) is 11.1. The molecule has 0 amide bonds. The van der Waals surface area contributed by atoms with Crippen molar-refractivity contribution in [1.82, 2.24) is 5.32 Å². The van der Waals surface area contributed by atoms with E-state index in [-0.39, 0.29) is 10.8 Å². The molecule has 1 N–H and O–H groups in total. The highest BCUT2D eigenvalue weighted by molar-refractivity contribution is 6.32. The number of hydrogen-bond acceptors (Lipinski definition) is 4. The predicted molar refractivity (Wildman–Crippen MR) is 77.3 cm³/mol. The van der Waals surface area contributed by atoms with Crippen molar-refractivity contribution in [1.29, 1.82) is 0 Å². The van der Waals surface area contributed by atoms with Crippen molar-refractivity contribution in [3.63, 3.8) is 0 Å². The Balaban J connectivity index is 2.37. The summed E-state index contributed by atoms with van der Waals surface area (Å²) in [6.07, 6.45) is 0. The van der Waals surface area contributed by atoms with E-state index in [2.05, 4.69) is 5.32 Å². The van der Waals surface area contributed by atoms with Gasteiger partial charge in [-0.05, 0) is 30.8 Å². The first-order valence-corrected chi connectivity index (χ1v) is 6.44. The lowest BCUT2D eigenvalue weighted by molar-refractivity contribution is -0.385. The lowest BCUT2D eigenvalue weighted by atomic mass is 10.2. The van der Waals surface area contributed by atoms with Crippen molar-refractivity contribution in [2.75, 3.05) is 7.05 Å². The quantitative estimate of drug-likeness (QED) is 0.672. The van der Waals surface area contributed by atoms with Gasteiger partial charge in [0, 0.05) is 12.6 Å². The van der Waals surface area contributed by atoms with Gasteiger partial charge in [-0.2, -0.15) is 0 Å². The number of rotatable bonds is 5. The fraction of sp³-hybridized carbons (Fsp3) is 0.143. The first kappa shape index (κ1) is 15.2. The Morgan fingerprint density at radius 3 is 2.76 bits per heavy atom. The number of nitro groups is 1. The molecule has 2 aromatic rings. The van der Waals surface area contributed by atoms with Gasteiger partial charge in [-0.3, -0.25) is 10.1 Å². The average Bonchev–Trinajstić information content (AvgIpc) is 2.43. The fourth-order valence-corrected chi connectivity index (χ4v) is 2.04. The standard InChI is InChI=1S/C14H12ClFN2O3/c1-17-8-9-5-6-13(10(15)7-9)21-14-11(16)3-2-4-12(14)18(19)20/h2-7,17H,8H2,1H3. The van der Waals surface area contributed by atoms with Crippen molar-refractivity contribution >= 4 is 17.3 Å². The maximum atomic E-state index is 13.7. The highest BCUT2D eigenvalue weighted by Crippen LogP contribution is 2.36. The van der Waals surface area contributed by atoms with Gasteiger partial charge >= 0.3 is 5.69 Å². The third-order valence-corrected chi connectivity index (χ3v) is 3.03. The second-order valence-corrected chi connectivity index (χ2v) is 4.65. The smallest absolute Gasteiger partial charge is 0.314 e. The second-order valence-electron chi connectivity index (χ2n) is 4.24. The summed E-state index contributed by atoms with van der Waals surface area (Å²) in [5, 5.41) is 14.1. The minimum absolute atomic E-state index is 0.157. The predicted octanol–water partition coefficient (Wildman–Crippen LogP) is 3.90. The van der Waals surface area contributed by atoms with E-state index in [0.717, 1.165) is 11.6 Å². The Bertz CT molecular complexity index is 679. The molecule has 0 bridgehead atoms. The second kappa shape index (κ2) is 6.51. The topological polar surface area (TPSA) is 64.4 Å². The minimum Gasteiger partial charge on any atom is -0.446 e. The molecule has 2 aromatic carbocycles. The lowest BCUT2D eigenvalue weighted by Gasteiger charge is -2.10. The largest absolute Gasteiger partial charge is 0.446 e. The Kier molecular flexibility index (Phi) is 4.72. The number of ether oxygens (including phenoxy) is 1. The molecule has 5 nitrogen and oxygen atoms in total. The van der Waals surface area contributed by atoms with Crippen molar-refractivity contribution in [3.05, 3.63) is 62.9 Å². The fourth-order valence-electron chi connectivity index (χ4n) is 1.79. The summed E-state index contributed by atoms with van der Waals surface area (Å²) >= 11 is 6.05. The maximum absolute atomic E-state index is 13.7. The van der Waals surface area contributed by atoms with Crippen LogP contribution in [0.1, 0.15) is 5.56 Å². The summed E-state index contributed by atoms with van der Waals surface area (Å²) in [6, 6.07) is 8.45. The number of halogens is 2. The molecule has 0 aliphatic heterocycles. The van der Waals surface area contributed by atoms with Crippen molar-refractivity contribution in [2.24, 2.45) is 0 Å². The van der Waals surface area contributed by atoms with Gasteiger partial charge in [0.2, 0.25) is 5.75 Å². The molecular formula is C14H12ClFN2O3. The molecular weight excluding hydrogens is 299 g/mol. The summed E-state index contributed by atoms with van der Waals surface area (Å²) in [6.45, 7) is 0.611. The van der Waals surface area contributed by atoms with Gasteiger partial charge in [-0.1, -0.05) is 23.7 Å². The zero-order valence-corrected chi connectivity index (χ0v) is 11.9. The Labute approximate surface area is 125 Å². The highest BCUT2D eigenvalue weighted by atomic mass is 35.5. The number of nitrogens with one attached hydrogen (secondary N) is 1. The molecule has 0 atom stereocenters. The van der Waals surface area contributed by atoms with Crippen LogP contribution >= 0.6 is 11.6 Å². The molecule has 0 spiro atoms. The van der Waals surface area contributed by atoms with Crippen LogP contribution in [-0.4, -0.2) is 12.0 Å². The molecule has 0 unspecified atom stereocenters. The van der Waals surface area contributed by atoms with E-state index in [0.29, 0.717) is 6.54 Å². The zero-order chi connectivity index (χ0) is 15.4. The van der Waals surface area contributed by atoms with Crippen LogP contribution in [0.15, 0.2) is 36.4 Å². The molecule has 0 aliphatic carbocycles. The van der Waals surface area contributed by atoms with Crippen LogP contribution in [0.25, 0.3) is 0 Å². The Morgan fingerprint density at radius 2 is 2.14 bits per heavy atom. The monoisotopic (exact) mass is 310 g/mol. The first-order chi connectivity index (χ1) is 10.0. The SMILES string of the molecule is CNCc1ccc(Oc2c(F)cccc2[N+](=O)[O-])c(Cl)c1. The molecule has 7 heteroatoms. The average molecular weight is 311 g/mol. The van der Waals surface area contributed by atoms with Gasteiger partial charge < -0.3 is 10.1 Å². The van der Waals surface area contributed by atoms with E-state index >= 15 is 0 Å². The van der Waals surface area contributed by atoms with E-state index in [9.17, 15) is 14.5 Å². The third kappa shape index (κ3) is 3.48. The van der Waals surface area contributed by atoms with E-state index < -0.39 is 22.2 Å². The summed E-state index contributed by atoms with van der Waals surface area (Å²) in [7, 11) is 1.79. The summed E-state index contributed by atoms with van der Waals surface area (Å²) in [5.41, 5.74) is 0.461. The summed E-state index contributed by atoms with van der Waals surface area (Å²) in [5.74, 6) is -1.12. The van der Waals surface area contributed by atoms with Gasteiger partial charge in [-0.15, -0.1) is 0 Å². The van der Waals surface area contributed by atoms with Crippen LogP contribution in [-0.2, 0) is 6.54 Å². The molecule has 110 valence electrons. The van der Waals surface area contributed by atoms with Crippen LogP contribution in [0.4, 0.5) is 10.1 Å². The van der Waals surface area contributed by atoms with Gasteiger partial charge in [-0.25, -0.2) is 4.39 Å². The molecule has 0 heterocycles. The third-order valence-electron chi connectivity index (χ3n) is 2.73. The molecule has 0 saturated carbocycles. The summed E-state index contributed by atoms with van der Waals surface area (Å²) in [4.78, 5) is 10.2. The van der Waals surface area contributed by atoms with E-state index in [1.807, 2.05) is 0 Å². The number of nitrogens with zero attached hydrogens (tertiary/aromatic N) is 1. The van der Waals surface area contributed by atoms with Crippen LogP contribution in [0.5, 0.6) is 11.5 Å². The molecule has 2 rings (SSSR count). The van der Waals surface area contributed by atoms with Crippen LogP contribution in [0.3, 0.4) is 0 Å². The first-order valence-electron chi connectivity index (χ1n) is 6.06. The normalized spacial score (nSPS) is 10.4. The Morgan fingerprint density at radius 1 is 1.38 bits per heavy atom. The number of benzene rings is 2. The molecule has 0 fully saturated rings. The van der Waals surface area contributed by atoms with Gasteiger partial charge in [0.15, 0.2) is 5.82 Å². The van der Waals surface area contributed by atoms with Gasteiger partial charge in [0.1, 0.15) is 5.75 Å². The van der Waals surface area contributed by atoms with Gasteiger partial charge in [0.25, 0.3) is 0 Å². The Hall–Kier alpha value is -2.18. The molecule has 0 aromatic heterocycles. The number of hydrogen-bond donors (Lipinski definition) is 1. The molecule has 21 heavy (non-hydrogen) atoms. The van der Waals surface area contributed by atoms with Gasteiger partial charge in [0.05, 0.1) is 9.95 Å². The number of para-hydroxylation sites is 1. The molecule has 0 radical (unpaired) electrons. The van der Waals surface area contributed by atoms with Crippen molar-refractivity contribution in [3.8, 4) is 11.5 Å². The highest BCUT2D eigenvalue weighted by Gasteiger charge is 2.21. The molecule has 0 aliphatic rings. The van der Waals surface area contributed by atoms with E-state index in [1.54, 1.807) is 25.2 Å². The summed E-state index contributed by atoms with van der Waals surface area (Å²) < 4.78 is 19.0. The lowest BCUT2D eigenvalue weighted by Crippen LogP contribution is -2.04. The number of nitro benzene ring substituents is 1. The van der Waals surface area contributed by atoms with Crippen molar-refractivity contribution < 1.29 is 14.1 Å². The van der Waals surface area contributed by atoms with E-state index in [1.165, 1.54) is 12.1 Å². The van der Waals surface area contributed by atoms with Crippen molar-refractivity contribution in [2.45, 2.75) is 6.54 Å². The van der Waals surface area contributed by atoms with Crippen LogP contribution in [0.2, 0.25) is 5.02 Å². The van der Waals surface area contributed by atoms with Crippen LogP contribution < -0.4 is 10.1 Å². The maximum Gasteiger partial charge on any atom is 0.314 e. The minimum atomic E-state index is -0.820. The van der Waals surface area contributed by atoms with Crippen LogP contribution in [0, 0.1) is 15.9 Å². The molecule has 0 saturated heterocycles. The van der Waals surface area contributed by atoms with E-state index in [4.69, 9.17) is 16.3 Å².